The first-order chi connectivity index (χ1) is 6.58. The lowest BCUT2D eigenvalue weighted by Gasteiger charge is -2.33. The standard InChI is InChI=1S/C14H30/c1-6-9-10-12-13(11-7-2)14(4,5)8-3/h13H,6-12H2,1-5H3. The smallest absolute Gasteiger partial charge is 0.0329 e. The molecule has 0 aliphatic heterocycles. The quantitative estimate of drug-likeness (QED) is 0.457. The zero-order valence-corrected chi connectivity index (χ0v) is 11.0. The minimum Gasteiger partial charge on any atom is -0.0654 e. The van der Waals surface area contributed by atoms with Crippen molar-refractivity contribution in [2.24, 2.45) is 11.3 Å². The third kappa shape index (κ3) is 5.02. The minimum atomic E-state index is 0.559. The molecule has 0 heterocycles. The maximum absolute atomic E-state index is 2.44. The van der Waals surface area contributed by atoms with Gasteiger partial charge in [-0.3, -0.25) is 0 Å². The normalized spacial score (nSPS) is 14.4. The second-order valence-corrected chi connectivity index (χ2v) is 5.32. The monoisotopic (exact) mass is 198 g/mol. The summed E-state index contributed by atoms with van der Waals surface area (Å²) in [6, 6.07) is 0. The van der Waals surface area contributed by atoms with Crippen molar-refractivity contribution in [1.82, 2.24) is 0 Å². The fourth-order valence-electron chi connectivity index (χ4n) is 2.20. The van der Waals surface area contributed by atoms with Gasteiger partial charge in [-0.15, -0.1) is 0 Å². The van der Waals surface area contributed by atoms with E-state index in [1.54, 1.807) is 0 Å². The van der Waals surface area contributed by atoms with Crippen LogP contribution in [0.4, 0.5) is 0 Å². The van der Waals surface area contributed by atoms with Gasteiger partial charge in [0.25, 0.3) is 0 Å². The van der Waals surface area contributed by atoms with Gasteiger partial charge in [-0.25, -0.2) is 0 Å². The highest BCUT2D eigenvalue weighted by Crippen LogP contribution is 2.37. The summed E-state index contributed by atoms with van der Waals surface area (Å²) in [7, 11) is 0. The minimum absolute atomic E-state index is 0.559. The van der Waals surface area contributed by atoms with Gasteiger partial charge in [0.2, 0.25) is 0 Å². The molecular formula is C14H30. The molecule has 0 aliphatic carbocycles. The second-order valence-electron chi connectivity index (χ2n) is 5.32. The molecule has 0 aromatic carbocycles. The molecule has 0 fully saturated rings. The van der Waals surface area contributed by atoms with Crippen molar-refractivity contribution < 1.29 is 0 Å². The van der Waals surface area contributed by atoms with Gasteiger partial charge in [-0.1, -0.05) is 73.1 Å². The summed E-state index contributed by atoms with van der Waals surface area (Å²) in [5.74, 6) is 0.948. The molecule has 0 radical (unpaired) electrons. The van der Waals surface area contributed by atoms with Gasteiger partial charge in [-0.2, -0.15) is 0 Å². The molecule has 0 spiro atoms. The van der Waals surface area contributed by atoms with Crippen LogP contribution in [-0.4, -0.2) is 0 Å². The number of hydrogen-bond acceptors (Lipinski definition) is 0. The van der Waals surface area contributed by atoms with Crippen molar-refractivity contribution in [2.75, 3.05) is 0 Å². The summed E-state index contributed by atoms with van der Waals surface area (Å²) in [5.41, 5.74) is 0.559. The van der Waals surface area contributed by atoms with Crippen molar-refractivity contribution in [3.05, 3.63) is 0 Å². The maximum atomic E-state index is 2.44. The van der Waals surface area contributed by atoms with Gasteiger partial charge in [0.05, 0.1) is 0 Å². The molecule has 0 aromatic heterocycles. The Kier molecular flexibility index (Phi) is 7.31. The third-order valence-electron chi connectivity index (χ3n) is 3.81. The molecule has 1 unspecified atom stereocenters. The number of hydrogen-bond donors (Lipinski definition) is 0. The lowest BCUT2D eigenvalue weighted by atomic mass is 9.72. The van der Waals surface area contributed by atoms with Crippen LogP contribution in [-0.2, 0) is 0 Å². The van der Waals surface area contributed by atoms with Gasteiger partial charge < -0.3 is 0 Å². The fraction of sp³-hybridized carbons (Fsp3) is 1.00. The van der Waals surface area contributed by atoms with Crippen molar-refractivity contribution in [3.63, 3.8) is 0 Å². The van der Waals surface area contributed by atoms with E-state index in [9.17, 15) is 0 Å². The summed E-state index contributed by atoms with van der Waals surface area (Å²) in [5, 5.41) is 0. The van der Waals surface area contributed by atoms with Crippen LogP contribution in [0.5, 0.6) is 0 Å². The molecule has 0 N–H and O–H groups in total. The van der Waals surface area contributed by atoms with E-state index in [0.717, 1.165) is 5.92 Å². The molecule has 86 valence electrons. The predicted octanol–water partition coefficient (Wildman–Crippen LogP) is 5.42. The fourth-order valence-corrected chi connectivity index (χ4v) is 2.20. The average molecular weight is 198 g/mol. The summed E-state index contributed by atoms with van der Waals surface area (Å²) in [6.45, 7) is 11.8. The molecule has 0 saturated heterocycles. The third-order valence-corrected chi connectivity index (χ3v) is 3.81. The Morgan fingerprint density at radius 2 is 1.50 bits per heavy atom. The zero-order chi connectivity index (χ0) is 11.0. The molecule has 14 heavy (non-hydrogen) atoms. The Morgan fingerprint density at radius 1 is 0.857 bits per heavy atom. The predicted molar refractivity (Wildman–Crippen MR) is 66.6 cm³/mol. The van der Waals surface area contributed by atoms with Crippen LogP contribution in [0.25, 0.3) is 0 Å². The summed E-state index contributed by atoms with van der Waals surface area (Å²) in [6.07, 6.45) is 9.74. The molecule has 0 saturated carbocycles. The molecule has 0 heteroatoms. The van der Waals surface area contributed by atoms with Gasteiger partial charge in [0, 0.05) is 0 Å². The van der Waals surface area contributed by atoms with E-state index in [1.807, 2.05) is 0 Å². The van der Waals surface area contributed by atoms with E-state index in [2.05, 4.69) is 34.6 Å². The molecule has 0 aromatic rings. The van der Waals surface area contributed by atoms with Crippen molar-refractivity contribution in [2.45, 2.75) is 79.6 Å². The van der Waals surface area contributed by atoms with Crippen molar-refractivity contribution >= 4 is 0 Å². The summed E-state index contributed by atoms with van der Waals surface area (Å²) < 4.78 is 0. The Hall–Kier alpha value is 0. The number of unbranched alkanes of at least 4 members (excludes halogenated alkanes) is 2. The highest BCUT2D eigenvalue weighted by molar-refractivity contribution is 4.76. The lowest BCUT2D eigenvalue weighted by molar-refractivity contribution is 0.174. The Morgan fingerprint density at radius 3 is 1.93 bits per heavy atom. The van der Waals surface area contributed by atoms with E-state index >= 15 is 0 Å². The summed E-state index contributed by atoms with van der Waals surface area (Å²) in [4.78, 5) is 0. The highest BCUT2D eigenvalue weighted by Gasteiger charge is 2.25. The molecule has 0 rings (SSSR count). The van der Waals surface area contributed by atoms with E-state index in [4.69, 9.17) is 0 Å². The lowest BCUT2D eigenvalue weighted by Crippen LogP contribution is -2.23. The van der Waals surface area contributed by atoms with Crippen molar-refractivity contribution in [3.8, 4) is 0 Å². The second kappa shape index (κ2) is 7.31. The molecular weight excluding hydrogens is 168 g/mol. The topological polar surface area (TPSA) is 0 Å². The Bertz CT molecular complexity index is 124. The van der Waals surface area contributed by atoms with Crippen LogP contribution in [0.3, 0.4) is 0 Å². The zero-order valence-electron chi connectivity index (χ0n) is 11.0. The molecule has 0 nitrogen and oxygen atoms in total. The SMILES string of the molecule is CCCCCC(CCC)C(C)(C)CC. The van der Waals surface area contributed by atoms with Gasteiger partial charge in [0.15, 0.2) is 0 Å². The Labute approximate surface area is 91.5 Å². The first kappa shape index (κ1) is 14.0. The molecule has 1 atom stereocenters. The van der Waals surface area contributed by atoms with Crippen LogP contribution < -0.4 is 0 Å². The van der Waals surface area contributed by atoms with E-state index in [-0.39, 0.29) is 0 Å². The van der Waals surface area contributed by atoms with Crippen LogP contribution in [0.2, 0.25) is 0 Å². The first-order valence-electron chi connectivity index (χ1n) is 6.58. The Balaban J connectivity index is 4.00. The van der Waals surface area contributed by atoms with E-state index in [0.29, 0.717) is 5.41 Å². The van der Waals surface area contributed by atoms with Gasteiger partial charge in [0.1, 0.15) is 0 Å². The highest BCUT2D eigenvalue weighted by atomic mass is 14.3. The first-order valence-corrected chi connectivity index (χ1v) is 6.58. The largest absolute Gasteiger partial charge is 0.0654 e. The molecule has 0 amide bonds. The van der Waals surface area contributed by atoms with Crippen LogP contribution >= 0.6 is 0 Å². The maximum Gasteiger partial charge on any atom is -0.0329 e. The van der Waals surface area contributed by atoms with E-state index < -0.39 is 0 Å². The summed E-state index contributed by atoms with van der Waals surface area (Å²) >= 11 is 0. The molecule has 0 bridgehead atoms. The van der Waals surface area contributed by atoms with Crippen LogP contribution in [0.1, 0.15) is 79.6 Å². The van der Waals surface area contributed by atoms with Gasteiger partial charge >= 0.3 is 0 Å². The average Bonchev–Trinajstić information content (AvgIpc) is 2.17. The number of rotatable bonds is 8. The van der Waals surface area contributed by atoms with E-state index in [1.165, 1.54) is 44.9 Å². The van der Waals surface area contributed by atoms with Crippen LogP contribution in [0, 0.1) is 11.3 Å². The van der Waals surface area contributed by atoms with Crippen LogP contribution in [0.15, 0.2) is 0 Å². The molecule has 0 aliphatic rings. The van der Waals surface area contributed by atoms with Gasteiger partial charge in [-0.05, 0) is 17.8 Å². The van der Waals surface area contributed by atoms with Crippen molar-refractivity contribution in [1.29, 1.82) is 0 Å².